The van der Waals surface area contributed by atoms with Crippen molar-refractivity contribution in [2.24, 2.45) is 5.41 Å². The predicted molar refractivity (Wildman–Crippen MR) is 45.0 cm³/mol. The minimum Gasteiger partial charge on any atom is -0.302 e. The van der Waals surface area contributed by atoms with E-state index in [9.17, 15) is 0 Å². The number of hydrogen-bond donors (Lipinski definition) is 0. The van der Waals surface area contributed by atoms with Gasteiger partial charge < -0.3 is 4.90 Å². The van der Waals surface area contributed by atoms with Crippen molar-refractivity contribution in [3.05, 3.63) is 11.6 Å². The number of rotatable bonds is 0. The molecule has 0 bridgehead atoms. The summed E-state index contributed by atoms with van der Waals surface area (Å²) in [6.45, 7) is 9.14. The Bertz CT molecular complexity index is 156. The molecule has 0 fully saturated rings. The summed E-state index contributed by atoms with van der Waals surface area (Å²) >= 11 is 0. The Balaban J connectivity index is 2.76. The van der Waals surface area contributed by atoms with Gasteiger partial charge in [-0.3, -0.25) is 0 Å². The minimum atomic E-state index is 0.396. The lowest BCUT2D eigenvalue weighted by molar-refractivity contribution is 0.239. The first-order valence-electron chi connectivity index (χ1n) is 3.88. The monoisotopic (exact) mass is 139 g/mol. The van der Waals surface area contributed by atoms with Crippen LogP contribution in [0.4, 0.5) is 0 Å². The summed E-state index contributed by atoms with van der Waals surface area (Å²) in [6, 6.07) is 0. The van der Waals surface area contributed by atoms with Crippen molar-refractivity contribution in [1.82, 2.24) is 4.90 Å². The molecule has 1 rings (SSSR count). The third kappa shape index (κ3) is 1.40. The molecule has 1 heterocycles. The average molecular weight is 139 g/mol. The third-order valence-electron chi connectivity index (χ3n) is 2.44. The van der Waals surface area contributed by atoms with Crippen LogP contribution in [0.25, 0.3) is 0 Å². The van der Waals surface area contributed by atoms with E-state index in [-0.39, 0.29) is 0 Å². The molecule has 1 aliphatic rings. The van der Waals surface area contributed by atoms with Crippen LogP contribution in [0.5, 0.6) is 0 Å². The third-order valence-corrected chi connectivity index (χ3v) is 2.44. The lowest BCUT2D eigenvalue weighted by atomic mass is 9.82. The summed E-state index contributed by atoms with van der Waals surface area (Å²) in [5.41, 5.74) is 1.93. The van der Waals surface area contributed by atoms with Crippen LogP contribution in [-0.2, 0) is 0 Å². The predicted octanol–water partition coefficient (Wildman–Crippen LogP) is 1.90. The van der Waals surface area contributed by atoms with Crippen LogP contribution in [0.3, 0.4) is 0 Å². The highest BCUT2D eigenvalue weighted by atomic mass is 15.1. The van der Waals surface area contributed by atoms with Gasteiger partial charge in [0.25, 0.3) is 0 Å². The van der Waals surface area contributed by atoms with E-state index < -0.39 is 0 Å². The molecule has 58 valence electrons. The van der Waals surface area contributed by atoms with Gasteiger partial charge in [0.1, 0.15) is 0 Å². The molecule has 0 N–H and O–H groups in total. The molecule has 1 heteroatoms. The minimum absolute atomic E-state index is 0.396. The van der Waals surface area contributed by atoms with Gasteiger partial charge in [-0.25, -0.2) is 0 Å². The SMILES string of the molecule is CC1=CCN(C)CC1(C)C. The quantitative estimate of drug-likeness (QED) is 0.463. The molecule has 0 saturated carbocycles. The average Bonchev–Trinajstić information content (AvgIpc) is 1.78. The summed E-state index contributed by atoms with van der Waals surface area (Å²) in [6.07, 6.45) is 2.32. The van der Waals surface area contributed by atoms with Crippen LogP contribution in [0.1, 0.15) is 20.8 Å². The molecular formula is C9H17N. The lowest BCUT2D eigenvalue weighted by Crippen LogP contribution is -2.36. The standard InChI is InChI=1S/C9H17N/c1-8-5-6-10(4)7-9(8,2)3/h5H,6-7H2,1-4H3. The van der Waals surface area contributed by atoms with E-state index in [4.69, 9.17) is 0 Å². The fourth-order valence-corrected chi connectivity index (χ4v) is 1.43. The zero-order valence-corrected chi connectivity index (χ0v) is 7.44. The molecule has 0 aromatic carbocycles. The van der Waals surface area contributed by atoms with Crippen LogP contribution in [-0.4, -0.2) is 25.0 Å². The molecule has 0 amide bonds. The first kappa shape index (κ1) is 7.80. The van der Waals surface area contributed by atoms with Gasteiger partial charge in [0.15, 0.2) is 0 Å². The Morgan fingerprint density at radius 1 is 1.50 bits per heavy atom. The molecule has 0 aliphatic carbocycles. The van der Waals surface area contributed by atoms with Crippen molar-refractivity contribution in [2.75, 3.05) is 20.1 Å². The van der Waals surface area contributed by atoms with Gasteiger partial charge in [-0.05, 0) is 19.4 Å². The fraction of sp³-hybridized carbons (Fsp3) is 0.778. The van der Waals surface area contributed by atoms with Crippen molar-refractivity contribution in [3.63, 3.8) is 0 Å². The first-order valence-corrected chi connectivity index (χ1v) is 3.88. The van der Waals surface area contributed by atoms with E-state index in [0.29, 0.717) is 5.41 Å². The van der Waals surface area contributed by atoms with Crippen molar-refractivity contribution in [2.45, 2.75) is 20.8 Å². The summed E-state index contributed by atoms with van der Waals surface area (Å²) in [7, 11) is 2.17. The van der Waals surface area contributed by atoms with E-state index in [1.807, 2.05) is 0 Å². The van der Waals surface area contributed by atoms with Crippen molar-refractivity contribution in [3.8, 4) is 0 Å². The second kappa shape index (κ2) is 2.39. The maximum atomic E-state index is 2.35. The molecule has 0 radical (unpaired) electrons. The Hall–Kier alpha value is -0.300. The second-order valence-electron chi connectivity index (χ2n) is 3.97. The Kier molecular flexibility index (Phi) is 1.86. The van der Waals surface area contributed by atoms with Gasteiger partial charge in [0, 0.05) is 13.1 Å². The summed E-state index contributed by atoms with van der Waals surface area (Å²) in [5, 5.41) is 0. The van der Waals surface area contributed by atoms with E-state index in [2.05, 4.69) is 38.8 Å². The Morgan fingerprint density at radius 2 is 2.10 bits per heavy atom. The largest absolute Gasteiger partial charge is 0.302 e. The van der Waals surface area contributed by atoms with Crippen LogP contribution < -0.4 is 0 Å². The second-order valence-corrected chi connectivity index (χ2v) is 3.97. The molecule has 0 atom stereocenters. The number of hydrogen-bond acceptors (Lipinski definition) is 1. The molecular weight excluding hydrogens is 122 g/mol. The van der Waals surface area contributed by atoms with Gasteiger partial charge in [0.2, 0.25) is 0 Å². The first-order chi connectivity index (χ1) is 4.52. The van der Waals surface area contributed by atoms with Crippen molar-refractivity contribution < 1.29 is 0 Å². The maximum absolute atomic E-state index is 2.35. The summed E-state index contributed by atoms with van der Waals surface area (Å²) in [4.78, 5) is 2.35. The van der Waals surface area contributed by atoms with E-state index in [1.54, 1.807) is 0 Å². The topological polar surface area (TPSA) is 3.24 Å². The van der Waals surface area contributed by atoms with Crippen LogP contribution in [0, 0.1) is 5.41 Å². The molecule has 0 saturated heterocycles. The molecule has 0 aromatic heterocycles. The molecule has 0 spiro atoms. The Labute approximate surface area is 63.7 Å². The van der Waals surface area contributed by atoms with Crippen LogP contribution in [0.15, 0.2) is 11.6 Å². The van der Waals surface area contributed by atoms with Crippen molar-refractivity contribution >= 4 is 0 Å². The highest BCUT2D eigenvalue weighted by Crippen LogP contribution is 2.29. The normalized spacial score (nSPS) is 26.2. The summed E-state index contributed by atoms with van der Waals surface area (Å²) in [5.74, 6) is 0. The fourth-order valence-electron chi connectivity index (χ4n) is 1.43. The van der Waals surface area contributed by atoms with Gasteiger partial charge in [-0.2, -0.15) is 0 Å². The molecule has 0 aromatic rings. The number of likely N-dealkylation sites (N-methyl/N-ethyl adjacent to an activating group) is 1. The highest BCUT2D eigenvalue weighted by Gasteiger charge is 2.24. The molecule has 1 aliphatic heterocycles. The van der Waals surface area contributed by atoms with E-state index >= 15 is 0 Å². The zero-order chi connectivity index (χ0) is 7.78. The molecule has 10 heavy (non-hydrogen) atoms. The van der Waals surface area contributed by atoms with E-state index in [1.165, 1.54) is 12.1 Å². The van der Waals surface area contributed by atoms with Gasteiger partial charge in [0.05, 0.1) is 0 Å². The van der Waals surface area contributed by atoms with Crippen molar-refractivity contribution in [1.29, 1.82) is 0 Å². The highest BCUT2D eigenvalue weighted by molar-refractivity contribution is 5.13. The van der Waals surface area contributed by atoms with Gasteiger partial charge >= 0.3 is 0 Å². The Morgan fingerprint density at radius 3 is 2.50 bits per heavy atom. The van der Waals surface area contributed by atoms with Crippen LogP contribution in [0.2, 0.25) is 0 Å². The van der Waals surface area contributed by atoms with E-state index in [0.717, 1.165) is 6.54 Å². The smallest absolute Gasteiger partial charge is 0.0163 e. The molecule has 1 nitrogen and oxygen atoms in total. The lowest BCUT2D eigenvalue weighted by Gasteiger charge is -2.35. The van der Waals surface area contributed by atoms with Gasteiger partial charge in [-0.15, -0.1) is 0 Å². The van der Waals surface area contributed by atoms with Crippen LogP contribution >= 0.6 is 0 Å². The maximum Gasteiger partial charge on any atom is 0.0163 e. The summed E-state index contributed by atoms with van der Waals surface area (Å²) < 4.78 is 0. The number of nitrogens with zero attached hydrogens (tertiary/aromatic N) is 1. The molecule has 0 unspecified atom stereocenters. The van der Waals surface area contributed by atoms with Gasteiger partial charge in [-0.1, -0.05) is 25.5 Å². The zero-order valence-electron chi connectivity index (χ0n) is 7.44.